The van der Waals surface area contributed by atoms with Gasteiger partial charge >= 0.3 is 12.1 Å². The summed E-state index contributed by atoms with van der Waals surface area (Å²) >= 11 is 6.18. The summed E-state index contributed by atoms with van der Waals surface area (Å²) in [5, 5.41) is 5.71. The van der Waals surface area contributed by atoms with Crippen molar-refractivity contribution in [2.24, 2.45) is 5.92 Å². The molecule has 0 aliphatic heterocycles. The molecule has 166 valence electrons. The second-order valence-electron chi connectivity index (χ2n) is 7.31. The van der Waals surface area contributed by atoms with Crippen LogP contribution in [0, 0.1) is 5.92 Å². The first-order valence-electron chi connectivity index (χ1n) is 9.90. The average Bonchev–Trinajstić information content (AvgIpc) is 2.76. The molecule has 2 aromatic rings. The summed E-state index contributed by atoms with van der Waals surface area (Å²) in [5.41, 5.74) is 1.52. The van der Waals surface area contributed by atoms with Crippen LogP contribution in [0.1, 0.15) is 25.0 Å². The van der Waals surface area contributed by atoms with Crippen molar-refractivity contribution in [3.8, 4) is 0 Å². The van der Waals surface area contributed by atoms with E-state index in [9.17, 15) is 14.4 Å². The van der Waals surface area contributed by atoms with Gasteiger partial charge in [-0.15, -0.1) is 0 Å². The largest absolute Gasteiger partial charge is 0.467 e. The number of halogens is 1. The van der Waals surface area contributed by atoms with Crippen molar-refractivity contribution in [3.63, 3.8) is 0 Å². The molecule has 2 atom stereocenters. The molecular formula is C23H27ClN2O5. The van der Waals surface area contributed by atoms with Gasteiger partial charge in [0, 0.05) is 11.4 Å². The molecule has 0 heterocycles. The molecule has 0 spiro atoms. The van der Waals surface area contributed by atoms with Crippen LogP contribution in [-0.4, -0.2) is 37.2 Å². The van der Waals surface area contributed by atoms with E-state index in [1.807, 2.05) is 30.3 Å². The van der Waals surface area contributed by atoms with Crippen LogP contribution in [0.15, 0.2) is 54.6 Å². The number of carbonyl (C=O) groups excluding carboxylic acids is 3. The Morgan fingerprint density at radius 1 is 0.968 bits per heavy atom. The fraction of sp³-hybridized carbons (Fsp3) is 0.348. The molecule has 0 saturated carbocycles. The lowest BCUT2D eigenvalue weighted by molar-refractivity contribution is -0.145. The number of ether oxygens (including phenoxy) is 2. The maximum atomic E-state index is 12.9. The Morgan fingerprint density at radius 3 is 2.23 bits per heavy atom. The third-order valence-electron chi connectivity index (χ3n) is 4.62. The molecule has 0 saturated heterocycles. The molecule has 2 rings (SSSR count). The zero-order valence-corrected chi connectivity index (χ0v) is 18.5. The molecule has 2 aromatic carbocycles. The summed E-state index contributed by atoms with van der Waals surface area (Å²) in [7, 11) is 1.24. The summed E-state index contributed by atoms with van der Waals surface area (Å²) in [6, 6.07) is 14.4. The van der Waals surface area contributed by atoms with Crippen LogP contribution in [0.4, 0.5) is 4.79 Å². The highest BCUT2D eigenvalue weighted by Gasteiger charge is 2.30. The first-order valence-corrected chi connectivity index (χ1v) is 10.3. The molecule has 31 heavy (non-hydrogen) atoms. The highest BCUT2D eigenvalue weighted by molar-refractivity contribution is 6.31. The van der Waals surface area contributed by atoms with Gasteiger partial charge in [-0.1, -0.05) is 74.0 Å². The molecule has 7 nitrogen and oxygen atoms in total. The number of hydrogen-bond donors (Lipinski definition) is 2. The minimum absolute atomic E-state index is 0.0798. The van der Waals surface area contributed by atoms with E-state index >= 15 is 0 Å². The molecule has 2 amide bonds. The normalized spacial score (nSPS) is 12.5. The minimum Gasteiger partial charge on any atom is -0.467 e. The number of rotatable bonds is 9. The third-order valence-corrected chi connectivity index (χ3v) is 4.99. The fourth-order valence-electron chi connectivity index (χ4n) is 2.91. The number of alkyl carbamates (subject to hydrolysis) is 1. The van der Waals surface area contributed by atoms with E-state index < -0.39 is 30.1 Å². The molecule has 0 radical (unpaired) electrons. The number of hydrogen-bond acceptors (Lipinski definition) is 5. The lowest BCUT2D eigenvalue weighted by Gasteiger charge is -2.24. The maximum absolute atomic E-state index is 12.9. The Kier molecular flexibility index (Phi) is 9.34. The average molecular weight is 447 g/mol. The van der Waals surface area contributed by atoms with Gasteiger partial charge in [0.2, 0.25) is 5.91 Å². The van der Waals surface area contributed by atoms with Crippen molar-refractivity contribution in [1.29, 1.82) is 0 Å². The number of amides is 2. The van der Waals surface area contributed by atoms with E-state index in [2.05, 4.69) is 10.6 Å². The smallest absolute Gasteiger partial charge is 0.408 e. The van der Waals surface area contributed by atoms with Crippen LogP contribution in [0.5, 0.6) is 0 Å². The summed E-state index contributed by atoms with van der Waals surface area (Å²) in [5.74, 6) is -1.38. The molecule has 0 unspecified atom stereocenters. The van der Waals surface area contributed by atoms with Crippen molar-refractivity contribution in [1.82, 2.24) is 10.6 Å². The summed E-state index contributed by atoms with van der Waals surface area (Å²) < 4.78 is 10.0. The van der Waals surface area contributed by atoms with E-state index in [-0.39, 0.29) is 18.9 Å². The monoisotopic (exact) mass is 446 g/mol. The topological polar surface area (TPSA) is 93.7 Å². The molecule has 8 heteroatoms. The van der Waals surface area contributed by atoms with E-state index in [0.29, 0.717) is 10.6 Å². The number of carbonyl (C=O) groups is 3. The van der Waals surface area contributed by atoms with Gasteiger partial charge in [-0.05, 0) is 23.1 Å². The number of benzene rings is 2. The predicted molar refractivity (Wildman–Crippen MR) is 117 cm³/mol. The van der Waals surface area contributed by atoms with Crippen molar-refractivity contribution in [3.05, 3.63) is 70.7 Å². The summed E-state index contributed by atoms with van der Waals surface area (Å²) in [6.07, 6.45) is -0.570. The van der Waals surface area contributed by atoms with E-state index in [4.69, 9.17) is 21.1 Å². The number of esters is 1. The van der Waals surface area contributed by atoms with Gasteiger partial charge in [-0.2, -0.15) is 0 Å². The maximum Gasteiger partial charge on any atom is 0.408 e. The fourth-order valence-corrected chi connectivity index (χ4v) is 3.12. The van der Waals surface area contributed by atoms with Crippen LogP contribution in [0.25, 0.3) is 0 Å². The van der Waals surface area contributed by atoms with Crippen LogP contribution < -0.4 is 10.6 Å². The Morgan fingerprint density at radius 2 is 1.61 bits per heavy atom. The zero-order valence-electron chi connectivity index (χ0n) is 17.8. The SMILES string of the molecule is COC(=O)[C@@H](Cc1ccccc1Cl)NC(=O)[C@H](NC(=O)OCc1ccccc1)C(C)C. The second kappa shape index (κ2) is 12.0. The quantitative estimate of drug-likeness (QED) is 0.575. The summed E-state index contributed by atoms with van der Waals surface area (Å²) in [4.78, 5) is 37.3. The van der Waals surface area contributed by atoms with Crippen LogP contribution in [0.3, 0.4) is 0 Å². The lowest BCUT2D eigenvalue weighted by atomic mass is 10.0. The van der Waals surface area contributed by atoms with Crippen LogP contribution in [0.2, 0.25) is 5.02 Å². The Labute approximate surface area is 187 Å². The Hall–Kier alpha value is -3.06. The number of nitrogens with one attached hydrogen (secondary N) is 2. The molecule has 2 N–H and O–H groups in total. The Bertz CT molecular complexity index is 889. The van der Waals surface area contributed by atoms with Crippen molar-refractivity contribution >= 4 is 29.6 Å². The molecular weight excluding hydrogens is 420 g/mol. The van der Waals surface area contributed by atoms with Crippen molar-refractivity contribution in [2.75, 3.05) is 7.11 Å². The van der Waals surface area contributed by atoms with Gasteiger partial charge in [0.25, 0.3) is 0 Å². The van der Waals surface area contributed by atoms with Gasteiger partial charge in [-0.3, -0.25) is 4.79 Å². The predicted octanol–water partition coefficient (Wildman–Crippen LogP) is 3.49. The molecule has 0 aliphatic carbocycles. The standard InChI is InChI=1S/C23H27ClN2O5/c1-15(2)20(26-23(29)31-14-16-9-5-4-6-10-16)21(27)25-19(22(28)30-3)13-17-11-7-8-12-18(17)24/h4-12,15,19-20H,13-14H2,1-3H3,(H,25,27)(H,26,29)/t19-,20-/m1/s1. The van der Waals surface area contributed by atoms with Gasteiger partial charge in [0.05, 0.1) is 7.11 Å². The molecule has 0 fully saturated rings. The van der Waals surface area contributed by atoms with Gasteiger partial charge in [0.1, 0.15) is 18.7 Å². The third kappa shape index (κ3) is 7.61. The minimum atomic E-state index is -0.958. The zero-order chi connectivity index (χ0) is 22.8. The Balaban J connectivity index is 2.03. The van der Waals surface area contributed by atoms with Gasteiger partial charge in [-0.25, -0.2) is 9.59 Å². The lowest BCUT2D eigenvalue weighted by Crippen LogP contribution is -2.54. The van der Waals surface area contributed by atoms with Gasteiger partial charge in [0.15, 0.2) is 0 Å². The molecule has 0 aromatic heterocycles. The second-order valence-corrected chi connectivity index (χ2v) is 7.71. The summed E-state index contributed by atoms with van der Waals surface area (Å²) in [6.45, 7) is 3.64. The molecule has 0 aliphatic rings. The van der Waals surface area contributed by atoms with E-state index in [0.717, 1.165) is 5.56 Å². The van der Waals surface area contributed by atoms with Crippen LogP contribution >= 0.6 is 11.6 Å². The highest BCUT2D eigenvalue weighted by Crippen LogP contribution is 2.17. The van der Waals surface area contributed by atoms with Gasteiger partial charge < -0.3 is 20.1 Å². The first-order chi connectivity index (χ1) is 14.8. The van der Waals surface area contributed by atoms with E-state index in [1.54, 1.807) is 38.1 Å². The number of methoxy groups -OCH3 is 1. The highest BCUT2D eigenvalue weighted by atomic mass is 35.5. The molecule has 0 bridgehead atoms. The van der Waals surface area contributed by atoms with E-state index in [1.165, 1.54) is 7.11 Å². The van der Waals surface area contributed by atoms with Crippen molar-refractivity contribution in [2.45, 2.75) is 39.0 Å². The first kappa shape index (κ1) is 24.2. The van der Waals surface area contributed by atoms with Crippen LogP contribution in [-0.2, 0) is 32.1 Å². The van der Waals surface area contributed by atoms with Crippen molar-refractivity contribution < 1.29 is 23.9 Å².